The molecule has 1 amide bonds. The van der Waals surface area contributed by atoms with Crippen LogP contribution in [0.5, 0.6) is 0 Å². The Hall–Kier alpha value is -2.34. The third-order valence-corrected chi connectivity index (χ3v) is 4.60. The van der Waals surface area contributed by atoms with Crippen LogP contribution < -0.4 is 5.32 Å². The number of benzene rings is 1. The second-order valence-electron chi connectivity index (χ2n) is 6.19. The van der Waals surface area contributed by atoms with Gasteiger partial charge in [0.15, 0.2) is 0 Å². The van der Waals surface area contributed by atoms with Gasteiger partial charge in [-0.1, -0.05) is 25.1 Å². The highest BCUT2D eigenvalue weighted by molar-refractivity contribution is 6.01. The summed E-state index contributed by atoms with van der Waals surface area (Å²) in [6, 6.07) is 9.63. The average Bonchev–Trinajstić information content (AvgIpc) is 2.95. The van der Waals surface area contributed by atoms with Crippen LogP contribution in [0.2, 0.25) is 0 Å². The molecule has 0 saturated carbocycles. The molecule has 0 bridgehead atoms. The Morgan fingerprint density at radius 3 is 2.67 bits per heavy atom. The van der Waals surface area contributed by atoms with E-state index in [2.05, 4.69) is 5.32 Å². The fourth-order valence-electron chi connectivity index (χ4n) is 3.26. The Kier molecular flexibility index (Phi) is 4.57. The number of nitrogens with zero attached hydrogens (tertiary/aromatic N) is 1. The molecule has 1 aliphatic heterocycles. The molecule has 1 aromatic heterocycles. The van der Waals surface area contributed by atoms with Gasteiger partial charge in [-0.05, 0) is 18.6 Å². The van der Waals surface area contributed by atoms with Gasteiger partial charge in [0, 0.05) is 43.5 Å². The zero-order valence-corrected chi connectivity index (χ0v) is 13.7. The van der Waals surface area contributed by atoms with E-state index in [1.54, 1.807) is 0 Å². The normalized spacial score (nSPS) is 16.9. The quantitative estimate of drug-likeness (QED) is 0.882. The van der Waals surface area contributed by atoms with Gasteiger partial charge in [0.1, 0.15) is 11.2 Å². The molecule has 0 aliphatic carbocycles. The van der Waals surface area contributed by atoms with Crippen molar-refractivity contribution in [3.63, 3.8) is 0 Å². The molecular weight excluding hydrogens is 308 g/mol. The van der Waals surface area contributed by atoms with E-state index in [0.717, 1.165) is 17.3 Å². The number of carbonyl (C=O) groups excluding carboxylic acids is 1. The fourth-order valence-corrected chi connectivity index (χ4v) is 3.26. The molecule has 0 atom stereocenters. The zero-order valence-electron chi connectivity index (χ0n) is 13.7. The summed E-state index contributed by atoms with van der Waals surface area (Å²) < 4.78 is 7.21. The van der Waals surface area contributed by atoms with Crippen molar-refractivity contribution < 1.29 is 19.4 Å². The maximum absolute atomic E-state index is 12.9. The van der Waals surface area contributed by atoms with Crippen LogP contribution in [-0.2, 0) is 16.1 Å². The van der Waals surface area contributed by atoms with Crippen LogP contribution in [0.15, 0.2) is 30.3 Å². The first-order valence-electron chi connectivity index (χ1n) is 8.29. The maximum Gasteiger partial charge on any atom is 0.329 e. The minimum Gasteiger partial charge on any atom is -0.480 e. The van der Waals surface area contributed by atoms with E-state index < -0.39 is 11.5 Å². The number of fused-ring (bicyclic) bond motifs is 1. The van der Waals surface area contributed by atoms with Gasteiger partial charge < -0.3 is 19.7 Å². The van der Waals surface area contributed by atoms with E-state index in [9.17, 15) is 14.7 Å². The summed E-state index contributed by atoms with van der Waals surface area (Å²) in [5.74, 6) is -1.35. The van der Waals surface area contributed by atoms with Crippen LogP contribution in [0, 0.1) is 0 Å². The molecule has 1 fully saturated rings. The zero-order chi connectivity index (χ0) is 17.2. The Balaban J connectivity index is 1.95. The maximum atomic E-state index is 12.9. The van der Waals surface area contributed by atoms with E-state index in [1.165, 1.54) is 0 Å². The highest BCUT2D eigenvalue weighted by Gasteiger charge is 2.42. The highest BCUT2D eigenvalue weighted by Crippen LogP contribution is 2.24. The summed E-state index contributed by atoms with van der Waals surface area (Å²) in [6.07, 6.45) is 1.45. The largest absolute Gasteiger partial charge is 0.480 e. The number of hydrogen-bond acceptors (Lipinski definition) is 3. The van der Waals surface area contributed by atoms with E-state index in [4.69, 9.17) is 4.74 Å². The molecule has 2 aromatic rings. The molecule has 6 heteroatoms. The number of nitrogens with one attached hydrogen (secondary N) is 1. The third-order valence-electron chi connectivity index (χ3n) is 4.60. The lowest BCUT2D eigenvalue weighted by Crippen LogP contribution is -2.57. The smallest absolute Gasteiger partial charge is 0.329 e. The Morgan fingerprint density at radius 1 is 1.29 bits per heavy atom. The minimum absolute atomic E-state index is 0.280. The Bertz CT molecular complexity index is 759. The fraction of sp³-hybridized carbons (Fsp3) is 0.444. The number of amides is 1. The predicted molar refractivity (Wildman–Crippen MR) is 90.1 cm³/mol. The first-order valence-corrected chi connectivity index (χ1v) is 8.29. The molecule has 1 saturated heterocycles. The van der Waals surface area contributed by atoms with Crippen molar-refractivity contribution in [2.75, 3.05) is 13.2 Å². The number of carboxylic acids is 1. The van der Waals surface area contributed by atoms with Crippen molar-refractivity contribution in [3.8, 4) is 0 Å². The van der Waals surface area contributed by atoms with E-state index >= 15 is 0 Å². The molecule has 3 rings (SSSR count). The monoisotopic (exact) mass is 330 g/mol. The molecule has 0 spiro atoms. The van der Waals surface area contributed by atoms with Gasteiger partial charge in [0.05, 0.1) is 0 Å². The summed E-state index contributed by atoms with van der Waals surface area (Å²) in [5, 5.41) is 13.4. The topological polar surface area (TPSA) is 80.6 Å². The number of ether oxygens (including phenoxy) is 1. The molecule has 2 N–H and O–H groups in total. The van der Waals surface area contributed by atoms with Crippen molar-refractivity contribution in [1.82, 2.24) is 9.88 Å². The number of para-hydroxylation sites is 1. The van der Waals surface area contributed by atoms with Crippen LogP contribution in [0.4, 0.5) is 0 Å². The van der Waals surface area contributed by atoms with Gasteiger partial charge in [0.25, 0.3) is 5.91 Å². The number of carbonyl (C=O) groups is 2. The number of carboxylic acid groups (broad SMARTS) is 1. The van der Waals surface area contributed by atoms with E-state index in [0.29, 0.717) is 25.5 Å². The van der Waals surface area contributed by atoms with Crippen LogP contribution in [0.1, 0.15) is 36.7 Å². The lowest BCUT2D eigenvalue weighted by molar-refractivity contribution is -0.148. The van der Waals surface area contributed by atoms with Crippen molar-refractivity contribution >= 4 is 22.8 Å². The molecule has 128 valence electrons. The van der Waals surface area contributed by atoms with Gasteiger partial charge in [-0.2, -0.15) is 0 Å². The lowest BCUT2D eigenvalue weighted by atomic mass is 9.90. The summed E-state index contributed by atoms with van der Waals surface area (Å²) in [5.41, 5.74) is 0.244. The molecular formula is C18H22N2O4. The average molecular weight is 330 g/mol. The van der Waals surface area contributed by atoms with Crippen molar-refractivity contribution in [2.45, 2.75) is 38.3 Å². The van der Waals surface area contributed by atoms with E-state index in [1.807, 2.05) is 41.8 Å². The first kappa shape index (κ1) is 16.5. The van der Waals surface area contributed by atoms with Gasteiger partial charge >= 0.3 is 5.97 Å². The van der Waals surface area contributed by atoms with E-state index in [-0.39, 0.29) is 18.7 Å². The van der Waals surface area contributed by atoms with Crippen molar-refractivity contribution in [3.05, 3.63) is 36.0 Å². The number of rotatable bonds is 5. The van der Waals surface area contributed by atoms with Gasteiger partial charge in [-0.3, -0.25) is 4.79 Å². The molecule has 1 aromatic carbocycles. The second-order valence-corrected chi connectivity index (χ2v) is 6.19. The minimum atomic E-state index is -1.25. The molecule has 24 heavy (non-hydrogen) atoms. The summed E-state index contributed by atoms with van der Waals surface area (Å²) in [7, 11) is 0. The van der Waals surface area contributed by atoms with Gasteiger partial charge in [-0.15, -0.1) is 0 Å². The van der Waals surface area contributed by atoms with Gasteiger partial charge in [-0.25, -0.2) is 4.79 Å². The molecule has 0 unspecified atom stereocenters. The number of aryl methyl sites for hydroxylation is 1. The molecule has 0 radical (unpaired) electrons. The Labute approximate surface area is 140 Å². The third kappa shape index (κ3) is 2.89. The standard InChI is InChI=1S/C18H22N2O4/c1-2-9-20-14-6-4-3-5-13(14)12-15(20)16(21)19-18(17(22)23)7-10-24-11-8-18/h3-6,12H,2,7-11H2,1H3,(H,19,21)(H,22,23). The predicted octanol–water partition coefficient (Wildman–Crippen LogP) is 2.41. The van der Waals surface area contributed by atoms with Crippen LogP contribution in [-0.4, -0.2) is 40.3 Å². The second kappa shape index (κ2) is 6.65. The SMILES string of the molecule is CCCn1c(C(=O)NC2(C(=O)O)CCOCC2)cc2ccccc21. The van der Waals surface area contributed by atoms with Crippen LogP contribution in [0.25, 0.3) is 10.9 Å². The first-order chi connectivity index (χ1) is 11.6. The molecule has 1 aliphatic rings. The van der Waals surface area contributed by atoms with Crippen molar-refractivity contribution in [2.24, 2.45) is 0 Å². The lowest BCUT2D eigenvalue weighted by Gasteiger charge is -2.33. The van der Waals surface area contributed by atoms with Crippen LogP contribution in [0.3, 0.4) is 0 Å². The number of aliphatic carboxylic acids is 1. The summed E-state index contributed by atoms with van der Waals surface area (Å²) in [6.45, 7) is 3.43. The van der Waals surface area contributed by atoms with Gasteiger partial charge in [0.2, 0.25) is 0 Å². The number of hydrogen-bond donors (Lipinski definition) is 2. The summed E-state index contributed by atoms with van der Waals surface area (Å²) >= 11 is 0. The highest BCUT2D eigenvalue weighted by atomic mass is 16.5. The van der Waals surface area contributed by atoms with Crippen LogP contribution >= 0.6 is 0 Å². The molecule has 6 nitrogen and oxygen atoms in total. The van der Waals surface area contributed by atoms with Crippen molar-refractivity contribution in [1.29, 1.82) is 0 Å². The summed E-state index contributed by atoms with van der Waals surface area (Å²) in [4.78, 5) is 24.6. The number of aromatic nitrogens is 1. The Morgan fingerprint density at radius 2 is 2.00 bits per heavy atom. The molecule has 2 heterocycles.